The zero-order valence-corrected chi connectivity index (χ0v) is 17.5. The van der Waals surface area contributed by atoms with Crippen molar-refractivity contribution in [2.75, 3.05) is 0 Å². The Bertz CT molecular complexity index is 883. The fourth-order valence-corrected chi connectivity index (χ4v) is 10.7. The van der Waals surface area contributed by atoms with E-state index in [4.69, 9.17) is 0 Å². The Morgan fingerprint density at radius 3 is 1.46 bits per heavy atom. The first-order valence-electron chi connectivity index (χ1n) is 8.91. The fraction of sp³-hybridized carbons (Fsp3) is 0.130. The van der Waals surface area contributed by atoms with E-state index in [-0.39, 0.29) is 0 Å². The summed E-state index contributed by atoms with van der Waals surface area (Å²) in [4.78, 5) is 1.11. The molecule has 0 heterocycles. The minimum Gasteiger partial charge on any atom is -0.309 e. The molecule has 3 heteroatoms. The standard InChI is InChI=1S/C23H25OPSi/c1-26(2,3)23(19-20-13-7-4-8-14-20)25(24,21-15-9-5-10-16-21)22-17-11-6-12-18-22/h4-19H,1-3H3. The molecule has 0 aliphatic heterocycles. The van der Waals surface area contributed by atoms with Gasteiger partial charge in [0.2, 0.25) is 0 Å². The highest BCUT2D eigenvalue weighted by Gasteiger charge is 2.38. The molecule has 3 aromatic rings. The molecule has 0 saturated carbocycles. The van der Waals surface area contributed by atoms with Crippen molar-refractivity contribution in [1.29, 1.82) is 0 Å². The molecule has 132 valence electrons. The Kier molecular flexibility index (Phi) is 5.46. The molecule has 0 bridgehead atoms. The first-order chi connectivity index (χ1) is 12.4. The molecule has 3 aromatic carbocycles. The molecule has 0 amide bonds. The molecular formula is C23H25OPSi. The molecule has 0 atom stereocenters. The van der Waals surface area contributed by atoms with Gasteiger partial charge in [0, 0.05) is 10.6 Å². The van der Waals surface area contributed by atoms with E-state index in [1.54, 1.807) is 0 Å². The van der Waals surface area contributed by atoms with Gasteiger partial charge in [0.1, 0.15) is 0 Å². The van der Waals surface area contributed by atoms with Gasteiger partial charge in [-0.05, 0) is 10.5 Å². The summed E-state index contributed by atoms with van der Waals surface area (Å²) in [5.41, 5.74) is 1.11. The molecule has 0 saturated heterocycles. The molecule has 26 heavy (non-hydrogen) atoms. The van der Waals surface area contributed by atoms with Crippen LogP contribution in [-0.2, 0) is 4.57 Å². The third kappa shape index (κ3) is 3.82. The van der Waals surface area contributed by atoms with Crippen LogP contribution in [0.5, 0.6) is 0 Å². The van der Waals surface area contributed by atoms with Crippen molar-refractivity contribution in [3.8, 4) is 0 Å². The average Bonchev–Trinajstić information content (AvgIpc) is 2.67. The largest absolute Gasteiger partial charge is 0.309 e. The Morgan fingerprint density at radius 1 is 0.692 bits per heavy atom. The lowest BCUT2D eigenvalue weighted by Crippen LogP contribution is -2.30. The Morgan fingerprint density at radius 2 is 1.08 bits per heavy atom. The van der Waals surface area contributed by atoms with Crippen molar-refractivity contribution in [3.63, 3.8) is 0 Å². The number of benzene rings is 3. The van der Waals surface area contributed by atoms with Gasteiger partial charge < -0.3 is 4.57 Å². The zero-order chi connectivity index (χ0) is 18.6. The predicted molar refractivity (Wildman–Crippen MR) is 118 cm³/mol. The van der Waals surface area contributed by atoms with E-state index >= 15 is 0 Å². The Labute approximate surface area is 157 Å². The maximum atomic E-state index is 14.7. The van der Waals surface area contributed by atoms with Gasteiger partial charge in [0.05, 0.1) is 8.07 Å². The Balaban J connectivity index is 2.32. The van der Waals surface area contributed by atoms with Crippen LogP contribution in [0.25, 0.3) is 6.08 Å². The van der Waals surface area contributed by atoms with Crippen LogP contribution in [0.3, 0.4) is 0 Å². The van der Waals surface area contributed by atoms with Crippen LogP contribution in [0.1, 0.15) is 5.56 Å². The van der Waals surface area contributed by atoms with Gasteiger partial charge in [-0.25, -0.2) is 0 Å². The summed E-state index contributed by atoms with van der Waals surface area (Å²) in [5, 5.41) is 1.83. The maximum absolute atomic E-state index is 14.7. The van der Waals surface area contributed by atoms with Crippen LogP contribution in [0.4, 0.5) is 0 Å². The number of rotatable bonds is 5. The summed E-state index contributed by atoms with van der Waals surface area (Å²) in [7, 11) is -4.77. The lowest BCUT2D eigenvalue weighted by Gasteiger charge is -2.30. The predicted octanol–water partition coefficient (Wildman–Crippen LogP) is 5.92. The van der Waals surface area contributed by atoms with E-state index in [9.17, 15) is 4.57 Å². The third-order valence-electron chi connectivity index (χ3n) is 4.45. The monoisotopic (exact) mass is 376 g/mol. The summed E-state index contributed by atoms with van der Waals surface area (Å²) >= 11 is 0. The van der Waals surface area contributed by atoms with Crippen molar-refractivity contribution < 1.29 is 4.57 Å². The van der Waals surface area contributed by atoms with Crippen molar-refractivity contribution in [3.05, 3.63) is 101 Å². The maximum Gasteiger partial charge on any atom is 0.163 e. The quantitative estimate of drug-likeness (QED) is 0.399. The van der Waals surface area contributed by atoms with E-state index in [0.29, 0.717) is 0 Å². The van der Waals surface area contributed by atoms with Crippen LogP contribution in [0.2, 0.25) is 19.6 Å². The second-order valence-corrected chi connectivity index (χ2v) is 15.7. The highest BCUT2D eigenvalue weighted by atomic mass is 31.2. The van der Waals surface area contributed by atoms with Crippen LogP contribution in [0, 0.1) is 0 Å². The lowest BCUT2D eigenvalue weighted by atomic mass is 10.2. The summed E-state index contributed by atoms with van der Waals surface area (Å²) in [6.07, 6.45) is 2.17. The topological polar surface area (TPSA) is 17.1 Å². The zero-order valence-electron chi connectivity index (χ0n) is 15.6. The van der Waals surface area contributed by atoms with E-state index in [1.807, 2.05) is 78.9 Å². The normalized spacial score (nSPS) is 12.8. The first-order valence-corrected chi connectivity index (χ1v) is 14.1. The van der Waals surface area contributed by atoms with Crippen LogP contribution < -0.4 is 10.6 Å². The molecule has 0 N–H and O–H groups in total. The van der Waals surface area contributed by atoms with Crippen molar-refractivity contribution in [1.82, 2.24) is 0 Å². The highest BCUT2D eigenvalue weighted by molar-refractivity contribution is 7.85. The van der Waals surface area contributed by atoms with Gasteiger partial charge in [-0.1, -0.05) is 117 Å². The van der Waals surface area contributed by atoms with E-state index in [0.717, 1.165) is 21.1 Å². The van der Waals surface area contributed by atoms with Crippen LogP contribution in [-0.4, -0.2) is 8.07 Å². The van der Waals surface area contributed by atoms with Gasteiger partial charge in [-0.15, -0.1) is 0 Å². The number of hydrogen-bond donors (Lipinski definition) is 0. The molecule has 0 unspecified atom stereocenters. The lowest BCUT2D eigenvalue weighted by molar-refractivity contribution is 0.591. The SMILES string of the molecule is C[Si](C)(C)C(=Cc1ccccc1)P(=O)(c1ccccc1)c1ccccc1. The third-order valence-corrected chi connectivity index (χ3v) is 11.9. The molecule has 1 nitrogen and oxygen atoms in total. The second-order valence-electron chi connectivity index (χ2n) is 7.47. The molecule has 3 rings (SSSR count). The summed E-state index contributed by atoms with van der Waals surface area (Å²) < 4.78 is 14.7. The number of hydrogen-bond acceptors (Lipinski definition) is 1. The fourth-order valence-electron chi connectivity index (χ4n) is 3.19. The van der Waals surface area contributed by atoms with Gasteiger partial charge in [-0.2, -0.15) is 0 Å². The molecular weight excluding hydrogens is 351 g/mol. The summed E-state index contributed by atoms with van der Waals surface area (Å²) in [6.45, 7) is 6.83. The summed E-state index contributed by atoms with van der Waals surface area (Å²) in [5.74, 6) is 0. The van der Waals surface area contributed by atoms with E-state index in [1.165, 1.54) is 0 Å². The van der Waals surface area contributed by atoms with Crippen LogP contribution >= 0.6 is 7.14 Å². The molecule has 0 aliphatic rings. The van der Waals surface area contributed by atoms with Gasteiger partial charge in [-0.3, -0.25) is 0 Å². The van der Waals surface area contributed by atoms with Gasteiger partial charge >= 0.3 is 0 Å². The van der Waals surface area contributed by atoms with Gasteiger partial charge in [0.25, 0.3) is 0 Å². The molecule has 0 aromatic heterocycles. The minimum atomic E-state index is -2.90. The van der Waals surface area contributed by atoms with E-state index < -0.39 is 15.2 Å². The molecule has 0 fully saturated rings. The Hall–Kier alpha value is -2.15. The molecule has 0 spiro atoms. The summed E-state index contributed by atoms with van der Waals surface area (Å²) in [6, 6.07) is 30.2. The van der Waals surface area contributed by atoms with E-state index in [2.05, 4.69) is 37.8 Å². The molecule has 0 radical (unpaired) electrons. The average molecular weight is 377 g/mol. The first kappa shape index (κ1) is 18.6. The molecule has 0 aliphatic carbocycles. The van der Waals surface area contributed by atoms with Crippen molar-refractivity contribution in [2.24, 2.45) is 0 Å². The minimum absolute atomic E-state index is 0.913. The van der Waals surface area contributed by atoms with Crippen molar-refractivity contribution >= 4 is 31.9 Å². The second kappa shape index (κ2) is 7.61. The highest BCUT2D eigenvalue weighted by Crippen LogP contribution is 2.55. The van der Waals surface area contributed by atoms with Gasteiger partial charge in [0.15, 0.2) is 7.14 Å². The smallest absolute Gasteiger partial charge is 0.163 e. The van der Waals surface area contributed by atoms with Crippen molar-refractivity contribution in [2.45, 2.75) is 19.6 Å². The van der Waals surface area contributed by atoms with Crippen LogP contribution in [0.15, 0.2) is 95.9 Å².